The topological polar surface area (TPSA) is 16.3 Å². The Hall–Kier alpha value is -1.23. The molecule has 0 unspecified atom stereocenters. The molecule has 0 bridgehead atoms. The number of hydrogen-bond donors (Lipinski definition) is 0. The SMILES string of the molecule is CC1=C(C)N(C)CN1C.Cc1c(C)n(C)c(=S)n1C. The highest BCUT2D eigenvalue weighted by Gasteiger charge is 2.15. The highest BCUT2D eigenvalue weighted by molar-refractivity contribution is 7.71. The van der Waals surface area contributed by atoms with Crippen molar-refractivity contribution in [1.82, 2.24) is 18.9 Å². The van der Waals surface area contributed by atoms with Crippen LogP contribution in [0.3, 0.4) is 0 Å². The van der Waals surface area contributed by atoms with Gasteiger partial charge in [0.15, 0.2) is 4.77 Å². The standard InChI is InChI=1S/C7H12N2S.C7H14N2/c1-5-6(2)9(4)7(10)8(5)3;1-6-7(2)9(4)5-8(6)3/h1-4H3;5H2,1-4H3. The van der Waals surface area contributed by atoms with E-state index in [2.05, 4.69) is 51.6 Å². The fraction of sp³-hybridized carbons (Fsp3) is 0.643. The third kappa shape index (κ3) is 3.03. The van der Waals surface area contributed by atoms with Gasteiger partial charge in [0.2, 0.25) is 0 Å². The second kappa shape index (κ2) is 5.82. The number of allylic oxidation sites excluding steroid dienone is 2. The smallest absolute Gasteiger partial charge is 0.179 e. The van der Waals surface area contributed by atoms with Crippen LogP contribution in [-0.4, -0.2) is 39.7 Å². The summed E-state index contributed by atoms with van der Waals surface area (Å²) in [6, 6.07) is 0. The second-order valence-electron chi connectivity index (χ2n) is 5.28. The van der Waals surface area contributed by atoms with E-state index in [1.807, 2.05) is 23.2 Å². The maximum atomic E-state index is 5.13. The third-order valence-electron chi connectivity index (χ3n) is 4.20. The first kappa shape index (κ1) is 15.8. The van der Waals surface area contributed by atoms with Gasteiger partial charge < -0.3 is 18.9 Å². The van der Waals surface area contributed by atoms with Gasteiger partial charge in [0.25, 0.3) is 0 Å². The van der Waals surface area contributed by atoms with Crippen molar-refractivity contribution < 1.29 is 0 Å². The molecule has 5 heteroatoms. The Balaban J connectivity index is 0.000000191. The van der Waals surface area contributed by atoms with Gasteiger partial charge in [0.1, 0.15) is 0 Å². The van der Waals surface area contributed by atoms with Crippen molar-refractivity contribution in [2.45, 2.75) is 27.7 Å². The van der Waals surface area contributed by atoms with Gasteiger partial charge >= 0.3 is 0 Å². The van der Waals surface area contributed by atoms with Crippen LogP contribution in [0.4, 0.5) is 0 Å². The van der Waals surface area contributed by atoms with Crippen molar-refractivity contribution >= 4 is 12.2 Å². The number of hydrogen-bond acceptors (Lipinski definition) is 3. The Morgan fingerprint density at radius 3 is 1.16 bits per heavy atom. The normalized spacial score (nSPS) is 14.9. The summed E-state index contributed by atoms with van der Waals surface area (Å²) in [6.07, 6.45) is 0. The molecule has 1 aliphatic heterocycles. The average Bonchev–Trinajstić information content (AvgIpc) is 2.69. The monoisotopic (exact) mass is 282 g/mol. The Labute approximate surface area is 121 Å². The van der Waals surface area contributed by atoms with Gasteiger partial charge in [-0.05, 0) is 39.9 Å². The molecule has 2 heterocycles. The average molecular weight is 282 g/mol. The van der Waals surface area contributed by atoms with Crippen LogP contribution in [0.1, 0.15) is 25.2 Å². The Morgan fingerprint density at radius 1 is 0.737 bits per heavy atom. The fourth-order valence-corrected chi connectivity index (χ4v) is 2.35. The molecular weight excluding hydrogens is 256 g/mol. The first-order valence-corrected chi connectivity index (χ1v) is 6.88. The molecule has 0 aromatic carbocycles. The minimum absolute atomic E-state index is 0.884. The molecule has 19 heavy (non-hydrogen) atoms. The predicted molar refractivity (Wildman–Crippen MR) is 83.5 cm³/mol. The zero-order chi connectivity index (χ0) is 14.9. The Kier molecular flexibility index (Phi) is 4.85. The molecular formula is C14H26N4S. The van der Waals surface area contributed by atoms with E-state index in [1.54, 1.807) is 0 Å². The highest BCUT2D eigenvalue weighted by atomic mass is 32.1. The van der Waals surface area contributed by atoms with Crippen molar-refractivity contribution in [2.75, 3.05) is 20.8 Å². The maximum absolute atomic E-state index is 5.13. The van der Waals surface area contributed by atoms with Crippen LogP contribution in [0.2, 0.25) is 0 Å². The van der Waals surface area contributed by atoms with Crippen molar-refractivity contribution in [2.24, 2.45) is 14.1 Å². The summed E-state index contributed by atoms with van der Waals surface area (Å²) >= 11 is 5.13. The molecule has 0 N–H and O–H groups in total. The zero-order valence-corrected chi connectivity index (χ0v) is 14.2. The lowest BCUT2D eigenvalue weighted by atomic mass is 10.4. The first-order chi connectivity index (χ1) is 8.68. The van der Waals surface area contributed by atoms with Crippen molar-refractivity contribution in [1.29, 1.82) is 0 Å². The Bertz CT molecular complexity index is 506. The summed E-state index contributed by atoms with van der Waals surface area (Å²) in [5, 5.41) is 0. The van der Waals surface area contributed by atoms with E-state index in [0.717, 1.165) is 11.4 Å². The van der Waals surface area contributed by atoms with Crippen LogP contribution < -0.4 is 0 Å². The summed E-state index contributed by atoms with van der Waals surface area (Å²) in [5.41, 5.74) is 5.26. The van der Waals surface area contributed by atoms with Gasteiger partial charge in [0, 0.05) is 51.0 Å². The minimum atomic E-state index is 0.884. The molecule has 1 aromatic rings. The minimum Gasteiger partial charge on any atom is -0.359 e. The predicted octanol–water partition coefficient (Wildman–Crippen LogP) is 2.78. The maximum Gasteiger partial charge on any atom is 0.179 e. The molecule has 0 aliphatic carbocycles. The summed E-state index contributed by atoms with van der Waals surface area (Å²) in [6.45, 7) is 9.49. The number of nitrogens with zero attached hydrogens (tertiary/aromatic N) is 4. The zero-order valence-electron chi connectivity index (χ0n) is 13.4. The first-order valence-electron chi connectivity index (χ1n) is 6.47. The quantitative estimate of drug-likeness (QED) is 0.681. The van der Waals surface area contributed by atoms with Gasteiger partial charge in [0.05, 0.1) is 6.67 Å². The van der Waals surface area contributed by atoms with Gasteiger partial charge in [-0.25, -0.2) is 0 Å². The molecule has 0 atom stereocenters. The lowest BCUT2D eigenvalue weighted by Gasteiger charge is -2.14. The van der Waals surface area contributed by atoms with E-state index in [1.165, 1.54) is 22.8 Å². The van der Waals surface area contributed by atoms with E-state index >= 15 is 0 Å². The third-order valence-corrected chi connectivity index (χ3v) is 4.74. The van der Waals surface area contributed by atoms with Crippen molar-refractivity contribution in [3.8, 4) is 0 Å². The molecule has 2 rings (SSSR count). The molecule has 0 saturated heterocycles. The number of imidazole rings is 1. The second-order valence-corrected chi connectivity index (χ2v) is 5.64. The van der Waals surface area contributed by atoms with E-state index in [-0.39, 0.29) is 0 Å². The molecule has 0 radical (unpaired) electrons. The van der Waals surface area contributed by atoms with Crippen LogP contribution >= 0.6 is 12.2 Å². The fourth-order valence-electron chi connectivity index (χ4n) is 2.08. The molecule has 0 amide bonds. The van der Waals surface area contributed by atoms with Crippen LogP contribution in [0, 0.1) is 18.6 Å². The van der Waals surface area contributed by atoms with Crippen LogP contribution in [0.5, 0.6) is 0 Å². The van der Waals surface area contributed by atoms with Gasteiger partial charge in [-0.15, -0.1) is 0 Å². The van der Waals surface area contributed by atoms with E-state index in [4.69, 9.17) is 12.2 Å². The molecule has 0 fully saturated rings. The van der Waals surface area contributed by atoms with Gasteiger partial charge in [-0.2, -0.15) is 0 Å². The molecule has 4 nitrogen and oxygen atoms in total. The number of aromatic nitrogens is 2. The molecule has 0 saturated carbocycles. The molecule has 1 aromatic heterocycles. The molecule has 108 valence electrons. The number of rotatable bonds is 0. The van der Waals surface area contributed by atoms with E-state index < -0.39 is 0 Å². The largest absolute Gasteiger partial charge is 0.359 e. The van der Waals surface area contributed by atoms with E-state index in [9.17, 15) is 0 Å². The van der Waals surface area contributed by atoms with Gasteiger partial charge in [-0.3, -0.25) is 0 Å². The van der Waals surface area contributed by atoms with Crippen LogP contribution in [0.25, 0.3) is 0 Å². The van der Waals surface area contributed by atoms with E-state index in [0.29, 0.717) is 0 Å². The Morgan fingerprint density at radius 2 is 1.05 bits per heavy atom. The van der Waals surface area contributed by atoms with Crippen LogP contribution in [0.15, 0.2) is 11.4 Å². The lowest BCUT2D eigenvalue weighted by molar-refractivity contribution is 0.318. The molecule has 1 aliphatic rings. The van der Waals surface area contributed by atoms with Gasteiger partial charge in [-0.1, -0.05) is 0 Å². The van der Waals surface area contributed by atoms with Crippen molar-refractivity contribution in [3.05, 3.63) is 27.6 Å². The highest BCUT2D eigenvalue weighted by Crippen LogP contribution is 2.18. The van der Waals surface area contributed by atoms with Crippen molar-refractivity contribution in [3.63, 3.8) is 0 Å². The summed E-state index contributed by atoms with van der Waals surface area (Å²) < 4.78 is 4.92. The summed E-state index contributed by atoms with van der Waals surface area (Å²) in [7, 11) is 8.21. The summed E-state index contributed by atoms with van der Waals surface area (Å²) in [5.74, 6) is 0. The lowest BCUT2D eigenvalue weighted by Crippen LogP contribution is -2.20. The van der Waals surface area contributed by atoms with Crippen LogP contribution in [-0.2, 0) is 14.1 Å². The summed E-state index contributed by atoms with van der Waals surface area (Å²) in [4.78, 5) is 4.49. The molecule has 0 spiro atoms.